The average molecular weight is 479 g/mol. The minimum atomic E-state index is -0.169. The molecule has 0 saturated carbocycles. The molecule has 1 saturated heterocycles. The summed E-state index contributed by atoms with van der Waals surface area (Å²) in [6, 6.07) is 13.5. The van der Waals surface area contributed by atoms with Crippen molar-refractivity contribution in [2.45, 2.75) is 46.0 Å². The van der Waals surface area contributed by atoms with Gasteiger partial charge >= 0.3 is 0 Å². The normalized spacial score (nSPS) is 14.5. The van der Waals surface area contributed by atoms with Gasteiger partial charge in [-0.05, 0) is 87.6 Å². The number of hydrogen-bond donors (Lipinski definition) is 1. The van der Waals surface area contributed by atoms with Crippen LogP contribution in [0.5, 0.6) is 0 Å². The molecule has 2 aromatic rings. The molecule has 6 heteroatoms. The number of amides is 2. The molecular weight excluding hydrogens is 436 g/mol. The largest absolute Gasteiger partial charge is 0.371 e. The fourth-order valence-corrected chi connectivity index (χ4v) is 4.46. The Hall–Kier alpha value is -2.86. The highest BCUT2D eigenvalue weighted by atomic mass is 16.2. The lowest BCUT2D eigenvalue weighted by Gasteiger charge is -2.34. The number of carbonyl (C=O) groups is 2. The Morgan fingerprint density at radius 3 is 2.26 bits per heavy atom. The Bertz CT molecular complexity index is 992. The first kappa shape index (κ1) is 26.7. The van der Waals surface area contributed by atoms with E-state index < -0.39 is 0 Å². The molecule has 0 aliphatic carbocycles. The van der Waals surface area contributed by atoms with Gasteiger partial charge in [-0.2, -0.15) is 0 Å². The predicted molar refractivity (Wildman–Crippen MR) is 146 cm³/mol. The van der Waals surface area contributed by atoms with Gasteiger partial charge in [0.1, 0.15) is 0 Å². The van der Waals surface area contributed by atoms with Crippen LogP contribution in [0.1, 0.15) is 72.2 Å². The van der Waals surface area contributed by atoms with E-state index in [4.69, 9.17) is 0 Å². The molecule has 2 aromatic carbocycles. The summed E-state index contributed by atoms with van der Waals surface area (Å²) in [5, 5.41) is 3.00. The van der Waals surface area contributed by atoms with E-state index >= 15 is 0 Å². The maximum absolute atomic E-state index is 13.5. The molecule has 2 amide bonds. The standard InChI is InChI=1S/C29H42N4O2/c1-21(2)23-8-10-24(11-9-23)28(34)30-25-12-13-27(33-18-14-22(3)15-19-33)26(20-25)29(35)32(6)17-7-16-31(4)5/h8-13,20-22H,7,14-19H2,1-6H3,(H,30,34). The molecule has 0 spiro atoms. The minimum Gasteiger partial charge on any atom is -0.371 e. The number of benzene rings is 2. The van der Waals surface area contributed by atoms with Gasteiger partial charge in [0.25, 0.3) is 11.8 Å². The molecule has 1 heterocycles. The van der Waals surface area contributed by atoms with Crippen LogP contribution in [0.3, 0.4) is 0 Å². The summed E-state index contributed by atoms with van der Waals surface area (Å²) >= 11 is 0. The predicted octanol–water partition coefficient (Wildman–Crippen LogP) is 5.32. The number of piperidine rings is 1. The molecule has 1 N–H and O–H groups in total. The summed E-state index contributed by atoms with van der Waals surface area (Å²) in [4.78, 5) is 32.7. The first-order valence-electron chi connectivity index (χ1n) is 12.9. The van der Waals surface area contributed by atoms with Crippen LogP contribution in [-0.4, -0.2) is 68.9 Å². The Morgan fingerprint density at radius 2 is 1.66 bits per heavy atom. The number of hydrogen-bond acceptors (Lipinski definition) is 4. The maximum atomic E-state index is 13.5. The molecule has 1 fully saturated rings. The number of anilines is 2. The second kappa shape index (κ2) is 12.2. The first-order valence-corrected chi connectivity index (χ1v) is 12.9. The van der Waals surface area contributed by atoms with Gasteiger partial charge < -0.3 is 20.0 Å². The fourth-order valence-electron chi connectivity index (χ4n) is 4.46. The van der Waals surface area contributed by atoms with Gasteiger partial charge in [0, 0.05) is 43.6 Å². The third-order valence-electron chi connectivity index (χ3n) is 6.89. The summed E-state index contributed by atoms with van der Waals surface area (Å²) in [6.07, 6.45) is 3.16. The van der Waals surface area contributed by atoms with E-state index in [-0.39, 0.29) is 11.8 Å². The van der Waals surface area contributed by atoms with Gasteiger partial charge in [-0.3, -0.25) is 9.59 Å². The second-order valence-corrected chi connectivity index (χ2v) is 10.5. The molecule has 190 valence electrons. The molecule has 1 aliphatic rings. The lowest BCUT2D eigenvalue weighted by molar-refractivity contribution is 0.0790. The number of carbonyl (C=O) groups excluding carboxylic acids is 2. The van der Waals surface area contributed by atoms with Crippen LogP contribution < -0.4 is 10.2 Å². The molecule has 35 heavy (non-hydrogen) atoms. The van der Waals surface area contributed by atoms with Crippen molar-refractivity contribution in [2.24, 2.45) is 5.92 Å². The Kier molecular flexibility index (Phi) is 9.33. The Labute approximate surface area is 211 Å². The van der Waals surface area contributed by atoms with Crippen LogP contribution in [0.4, 0.5) is 11.4 Å². The SMILES string of the molecule is CC1CCN(c2ccc(NC(=O)c3ccc(C(C)C)cc3)cc2C(=O)N(C)CCCN(C)C)CC1. The van der Waals surface area contributed by atoms with Crippen molar-refractivity contribution < 1.29 is 9.59 Å². The van der Waals surface area contributed by atoms with Crippen molar-refractivity contribution in [1.82, 2.24) is 9.80 Å². The monoisotopic (exact) mass is 478 g/mol. The highest BCUT2D eigenvalue weighted by molar-refractivity contribution is 6.06. The summed E-state index contributed by atoms with van der Waals surface area (Å²) < 4.78 is 0. The molecule has 0 radical (unpaired) electrons. The molecule has 6 nitrogen and oxygen atoms in total. The van der Waals surface area contributed by atoms with E-state index in [1.165, 1.54) is 5.56 Å². The highest BCUT2D eigenvalue weighted by Gasteiger charge is 2.23. The van der Waals surface area contributed by atoms with E-state index in [1.54, 1.807) is 4.90 Å². The zero-order valence-corrected chi connectivity index (χ0v) is 22.3. The van der Waals surface area contributed by atoms with Crippen LogP contribution in [0, 0.1) is 5.92 Å². The van der Waals surface area contributed by atoms with E-state index in [0.29, 0.717) is 35.2 Å². The van der Waals surface area contributed by atoms with E-state index in [0.717, 1.165) is 44.6 Å². The summed E-state index contributed by atoms with van der Waals surface area (Å²) in [5.41, 5.74) is 4.06. The number of nitrogens with one attached hydrogen (secondary N) is 1. The van der Waals surface area contributed by atoms with Crippen molar-refractivity contribution >= 4 is 23.2 Å². The molecule has 3 rings (SSSR count). The number of nitrogens with zero attached hydrogens (tertiary/aromatic N) is 3. The van der Waals surface area contributed by atoms with Gasteiger partial charge in [-0.15, -0.1) is 0 Å². The van der Waals surface area contributed by atoms with Crippen molar-refractivity contribution in [1.29, 1.82) is 0 Å². The Balaban J connectivity index is 1.82. The van der Waals surface area contributed by atoms with Crippen molar-refractivity contribution in [3.05, 3.63) is 59.2 Å². The third kappa shape index (κ3) is 7.31. The smallest absolute Gasteiger partial charge is 0.255 e. The van der Waals surface area contributed by atoms with Crippen LogP contribution in [0.2, 0.25) is 0 Å². The van der Waals surface area contributed by atoms with Crippen LogP contribution in [0.15, 0.2) is 42.5 Å². The van der Waals surface area contributed by atoms with Crippen molar-refractivity contribution in [3.63, 3.8) is 0 Å². The molecule has 0 bridgehead atoms. The van der Waals surface area contributed by atoms with Crippen LogP contribution in [-0.2, 0) is 0 Å². The first-order chi connectivity index (χ1) is 16.7. The topological polar surface area (TPSA) is 55.9 Å². The molecule has 0 aromatic heterocycles. The molecular formula is C29H42N4O2. The fraction of sp³-hybridized carbons (Fsp3) is 0.517. The van der Waals surface area contributed by atoms with Gasteiger partial charge in [-0.1, -0.05) is 32.9 Å². The van der Waals surface area contributed by atoms with Crippen LogP contribution in [0.25, 0.3) is 0 Å². The zero-order valence-electron chi connectivity index (χ0n) is 22.3. The summed E-state index contributed by atoms with van der Waals surface area (Å²) in [5.74, 6) is 0.952. The van der Waals surface area contributed by atoms with E-state index in [1.807, 2.05) is 63.6 Å². The second-order valence-electron chi connectivity index (χ2n) is 10.5. The molecule has 1 aliphatic heterocycles. The highest BCUT2D eigenvalue weighted by Crippen LogP contribution is 2.30. The third-order valence-corrected chi connectivity index (χ3v) is 6.89. The minimum absolute atomic E-state index is 0.00485. The molecule has 0 unspecified atom stereocenters. The average Bonchev–Trinajstić information content (AvgIpc) is 2.84. The van der Waals surface area contributed by atoms with E-state index in [9.17, 15) is 9.59 Å². The Morgan fingerprint density at radius 1 is 1.00 bits per heavy atom. The van der Waals surface area contributed by atoms with Gasteiger partial charge in [-0.25, -0.2) is 0 Å². The summed E-state index contributed by atoms with van der Waals surface area (Å²) in [7, 11) is 5.95. The summed E-state index contributed by atoms with van der Waals surface area (Å²) in [6.45, 7) is 10.1. The lowest BCUT2D eigenvalue weighted by atomic mass is 9.97. The zero-order chi connectivity index (χ0) is 25.5. The number of rotatable bonds is 9. The quantitative estimate of drug-likeness (QED) is 0.530. The van der Waals surface area contributed by atoms with Crippen molar-refractivity contribution in [2.75, 3.05) is 57.5 Å². The lowest BCUT2D eigenvalue weighted by Crippen LogP contribution is -2.36. The van der Waals surface area contributed by atoms with E-state index in [2.05, 4.69) is 35.9 Å². The maximum Gasteiger partial charge on any atom is 0.255 e. The van der Waals surface area contributed by atoms with Gasteiger partial charge in [0.15, 0.2) is 0 Å². The van der Waals surface area contributed by atoms with Gasteiger partial charge in [0.2, 0.25) is 0 Å². The van der Waals surface area contributed by atoms with Gasteiger partial charge in [0.05, 0.1) is 5.56 Å². The van der Waals surface area contributed by atoms with Crippen molar-refractivity contribution in [3.8, 4) is 0 Å². The van der Waals surface area contributed by atoms with Crippen LogP contribution >= 0.6 is 0 Å². The molecule has 0 atom stereocenters.